The Balaban J connectivity index is 1.94. The maximum atomic E-state index is 13.5. The lowest BCUT2D eigenvalue weighted by Crippen LogP contribution is -2.36. The van der Waals surface area contributed by atoms with Crippen LogP contribution >= 0.6 is 0 Å². The third kappa shape index (κ3) is 3.97. The maximum Gasteiger partial charge on any atom is 0.317 e. The first-order valence-electron chi connectivity index (χ1n) is 6.96. The number of hydrogen-bond acceptors (Lipinski definition) is 2. The summed E-state index contributed by atoms with van der Waals surface area (Å²) in [5.41, 5.74) is 1.37. The SMILES string of the molecule is COc1ccccc1CN(C)C(=O)NCc1ccccc1F. The third-order valence-corrected chi connectivity index (χ3v) is 3.33. The number of methoxy groups -OCH3 is 1. The van der Waals surface area contributed by atoms with Crippen LogP contribution in [0, 0.1) is 5.82 Å². The van der Waals surface area contributed by atoms with Gasteiger partial charge in [0.1, 0.15) is 11.6 Å². The van der Waals surface area contributed by atoms with Crippen molar-refractivity contribution in [3.63, 3.8) is 0 Å². The van der Waals surface area contributed by atoms with Crippen molar-refractivity contribution in [3.05, 3.63) is 65.5 Å². The van der Waals surface area contributed by atoms with Gasteiger partial charge in [0.25, 0.3) is 0 Å². The van der Waals surface area contributed by atoms with Gasteiger partial charge in [0, 0.05) is 24.7 Å². The highest BCUT2D eigenvalue weighted by atomic mass is 19.1. The van der Waals surface area contributed by atoms with Crippen LogP contribution in [-0.2, 0) is 13.1 Å². The molecular formula is C17H19FN2O2. The van der Waals surface area contributed by atoms with E-state index in [0.717, 1.165) is 11.3 Å². The normalized spacial score (nSPS) is 10.1. The first-order chi connectivity index (χ1) is 10.6. The van der Waals surface area contributed by atoms with Crippen molar-refractivity contribution >= 4 is 6.03 Å². The molecule has 2 aromatic carbocycles. The number of carbonyl (C=O) groups is 1. The van der Waals surface area contributed by atoms with Gasteiger partial charge < -0.3 is 15.0 Å². The van der Waals surface area contributed by atoms with Gasteiger partial charge in [0.05, 0.1) is 13.7 Å². The van der Waals surface area contributed by atoms with E-state index in [-0.39, 0.29) is 18.4 Å². The van der Waals surface area contributed by atoms with E-state index in [1.807, 2.05) is 24.3 Å². The van der Waals surface area contributed by atoms with Crippen LogP contribution in [0.4, 0.5) is 9.18 Å². The second kappa shape index (κ2) is 7.45. The second-order valence-corrected chi connectivity index (χ2v) is 4.92. The number of halogens is 1. The summed E-state index contributed by atoms with van der Waals surface area (Å²) < 4.78 is 18.8. The van der Waals surface area contributed by atoms with Crippen molar-refractivity contribution in [2.75, 3.05) is 14.2 Å². The van der Waals surface area contributed by atoms with Crippen molar-refractivity contribution in [1.82, 2.24) is 10.2 Å². The number of para-hydroxylation sites is 1. The first kappa shape index (κ1) is 15.8. The third-order valence-electron chi connectivity index (χ3n) is 3.33. The summed E-state index contributed by atoms with van der Waals surface area (Å²) in [7, 11) is 3.28. The van der Waals surface area contributed by atoms with Gasteiger partial charge in [-0.3, -0.25) is 0 Å². The van der Waals surface area contributed by atoms with E-state index in [9.17, 15) is 9.18 Å². The molecule has 0 unspecified atom stereocenters. The molecule has 4 nitrogen and oxygen atoms in total. The lowest BCUT2D eigenvalue weighted by molar-refractivity contribution is 0.206. The van der Waals surface area contributed by atoms with Gasteiger partial charge in [0.15, 0.2) is 0 Å². The molecular weight excluding hydrogens is 283 g/mol. The monoisotopic (exact) mass is 302 g/mol. The number of carbonyl (C=O) groups excluding carboxylic acids is 1. The van der Waals surface area contributed by atoms with Gasteiger partial charge in [-0.15, -0.1) is 0 Å². The van der Waals surface area contributed by atoms with Crippen LogP contribution in [0.2, 0.25) is 0 Å². The molecule has 0 bridgehead atoms. The number of amides is 2. The van der Waals surface area contributed by atoms with Crippen LogP contribution in [0.1, 0.15) is 11.1 Å². The second-order valence-electron chi connectivity index (χ2n) is 4.92. The van der Waals surface area contributed by atoms with Crippen LogP contribution in [0.5, 0.6) is 5.75 Å². The molecule has 0 radical (unpaired) electrons. The van der Waals surface area contributed by atoms with Crippen LogP contribution in [0.3, 0.4) is 0 Å². The molecule has 0 aliphatic rings. The fraction of sp³-hybridized carbons (Fsp3) is 0.235. The zero-order valence-corrected chi connectivity index (χ0v) is 12.7. The molecule has 0 aromatic heterocycles. The number of benzene rings is 2. The topological polar surface area (TPSA) is 41.6 Å². The Morgan fingerprint density at radius 2 is 1.77 bits per heavy atom. The number of nitrogens with zero attached hydrogens (tertiary/aromatic N) is 1. The smallest absolute Gasteiger partial charge is 0.317 e. The molecule has 0 aliphatic carbocycles. The Morgan fingerprint density at radius 1 is 1.14 bits per heavy atom. The first-order valence-corrected chi connectivity index (χ1v) is 6.96. The molecule has 0 fully saturated rings. The number of nitrogens with one attached hydrogen (secondary N) is 1. The fourth-order valence-corrected chi connectivity index (χ4v) is 2.11. The molecule has 116 valence electrons. The summed E-state index contributed by atoms with van der Waals surface area (Å²) in [5.74, 6) is 0.409. The molecule has 2 rings (SSSR count). The van der Waals surface area contributed by atoms with Crippen molar-refractivity contribution in [2.45, 2.75) is 13.1 Å². The highest BCUT2D eigenvalue weighted by Gasteiger charge is 2.12. The Morgan fingerprint density at radius 3 is 2.45 bits per heavy atom. The summed E-state index contributed by atoms with van der Waals surface area (Å²) in [4.78, 5) is 13.6. The fourth-order valence-electron chi connectivity index (χ4n) is 2.11. The predicted molar refractivity (Wildman–Crippen MR) is 83.1 cm³/mol. The van der Waals surface area contributed by atoms with Gasteiger partial charge in [-0.05, 0) is 12.1 Å². The molecule has 0 spiro atoms. The van der Waals surface area contributed by atoms with Crippen LogP contribution in [0.25, 0.3) is 0 Å². The lowest BCUT2D eigenvalue weighted by atomic mass is 10.2. The summed E-state index contributed by atoms with van der Waals surface area (Å²) in [5, 5.41) is 2.70. The molecule has 0 saturated carbocycles. The Bertz CT molecular complexity index is 646. The van der Waals surface area contributed by atoms with Crippen molar-refractivity contribution in [2.24, 2.45) is 0 Å². The average molecular weight is 302 g/mol. The highest BCUT2D eigenvalue weighted by molar-refractivity contribution is 5.73. The van der Waals surface area contributed by atoms with Crippen molar-refractivity contribution < 1.29 is 13.9 Å². The van der Waals surface area contributed by atoms with Crippen LogP contribution in [-0.4, -0.2) is 25.1 Å². The molecule has 0 atom stereocenters. The van der Waals surface area contributed by atoms with E-state index in [0.29, 0.717) is 12.1 Å². The maximum absolute atomic E-state index is 13.5. The largest absolute Gasteiger partial charge is 0.496 e. The van der Waals surface area contributed by atoms with E-state index >= 15 is 0 Å². The number of hydrogen-bond donors (Lipinski definition) is 1. The molecule has 0 saturated heterocycles. The van der Waals surface area contributed by atoms with Crippen molar-refractivity contribution in [3.8, 4) is 5.75 Å². The highest BCUT2D eigenvalue weighted by Crippen LogP contribution is 2.18. The Hall–Kier alpha value is -2.56. The number of rotatable bonds is 5. The molecule has 22 heavy (non-hydrogen) atoms. The van der Waals surface area contributed by atoms with E-state index in [4.69, 9.17) is 4.74 Å². The molecule has 2 amide bonds. The van der Waals surface area contributed by atoms with Gasteiger partial charge in [-0.1, -0.05) is 36.4 Å². The Kier molecular flexibility index (Phi) is 5.36. The molecule has 1 N–H and O–H groups in total. The summed E-state index contributed by atoms with van der Waals surface area (Å²) in [6.07, 6.45) is 0. The average Bonchev–Trinajstić information content (AvgIpc) is 2.54. The molecule has 0 aliphatic heterocycles. The molecule has 5 heteroatoms. The van der Waals surface area contributed by atoms with E-state index in [2.05, 4.69) is 5.32 Å². The van der Waals surface area contributed by atoms with Crippen molar-refractivity contribution in [1.29, 1.82) is 0 Å². The van der Waals surface area contributed by atoms with E-state index in [1.165, 1.54) is 11.0 Å². The Labute approximate surface area is 129 Å². The summed E-state index contributed by atoms with van der Waals surface area (Å²) in [6.45, 7) is 0.564. The standard InChI is InChI=1S/C17H19FN2O2/c1-20(12-14-8-4-6-10-16(14)22-2)17(21)19-11-13-7-3-5-9-15(13)18/h3-10H,11-12H2,1-2H3,(H,19,21). The van der Waals surface area contributed by atoms with Crippen LogP contribution < -0.4 is 10.1 Å². The lowest BCUT2D eigenvalue weighted by Gasteiger charge is -2.19. The number of urea groups is 1. The minimum Gasteiger partial charge on any atom is -0.496 e. The number of ether oxygens (including phenoxy) is 1. The zero-order valence-electron chi connectivity index (χ0n) is 12.7. The van der Waals surface area contributed by atoms with Gasteiger partial charge >= 0.3 is 6.03 Å². The quantitative estimate of drug-likeness (QED) is 0.921. The summed E-state index contributed by atoms with van der Waals surface area (Å²) >= 11 is 0. The zero-order chi connectivity index (χ0) is 15.9. The van der Waals surface area contributed by atoms with Gasteiger partial charge in [-0.25, -0.2) is 9.18 Å². The predicted octanol–water partition coefficient (Wildman–Crippen LogP) is 3.18. The minimum atomic E-state index is -0.324. The van der Waals surface area contributed by atoms with E-state index < -0.39 is 0 Å². The van der Waals surface area contributed by atoms with E-state index in [1.54, 1.807) is 32.4 Å². The minimum absolute atomic E-state index is 0.155. The van der Waals surface area contributed by atoms with Crippen LogP contribution in [0.15, 0.2) is 48.5 Å². The van der Waals surface area contributed by atoms with Gasteiger partial charge in [0.2, 0.25) is 0 Å². The molecule has 2 aromatic rings. The molecule has 0 heterocycles. The van der Waals surface area contributed by atoms with Gasteiger partial charge in [-0.2, -0.15) is 0 Å². The summed E-state index contributed by atoms with van der Waals surface area (Å²) in [6, 6.07) is 13.6.